The van der Waals surface area contributed by atoms with E-state index in [2.05, 4.69) is 4.90 Å². The van der Waals surface area contributed by atoms with Crippen LogP contribution in [0.4, 0.5) is 0 Å². The molecule has 0 heterocycles. The molecule has 0 spiro atoms. The lowest BCUT2D eigenvalue weighted by Gasteiger charge is -2.48. The van der Waals surface area contributed by atoms with Gasteiger partial charge in [-0.15, -0.1) is 0 Å². The first-order chi connectivity index (χ1) is 10.4. The number of hydrogen-bond acceptors (Lipinski definition) is 2. The summed E-state index contributed by atoms with van der Waals surface area (Å²) in [5, 5.41) is 9.40. The molecule has 122 valence electrons. The molecule has 1 N–H and O–H groups in total. The summed E-state index contributed by atoms with van der Waals surface area (Å²) in [5.41, 5.74) is 0. The molecule has 3 rings (SSSR count). The van der Waals surface area contributed by atoms with Gasteiger partial charge in [-0.05, 0) is 57.3 Å². The van der Waals surface area contributed by atoms with Crippen LogP contribution < -0.4 is 0 Å². The van der Waals surface area contributed by atoms with Crippen molar-refractivity contribution in [1.29, 1.82) is 0 Å². The van der Waals surface area contributed by atoms with Crippen molar-refractivity contribution in [2.45, 2.75) is 108 Å². The predicted molar refractivity (Wildman–Crippen MR) is 88.4 cm³/mol. The van der Waals surface area contributed by atoms with E-state index in [4.69, 9.17) is 0 Å². The first-order valence-corrected chi connectivity index (χ1v) is 9.77. The minimum atomic E-state index is 0.416. The van der Waals surface area contributed by atoms with Gasteiger partial charge >= 0.3 is 0 Å². The predicted octanol–water partition coefficient (Wildman–Crippen LogP) is 4.50. The fourth-order valence-corrected chi connectivity index (χ4v) is 5.28. The molecule has 2 heteroatoms. The molecule has 0 atom stereocenters. The lowest BCUT2D eigenvalue weighted by molar-refractivity contribution is 0.0111. The number of rotatable bonds is 4. The lowest BCUT2D eigenvalue weighted by atomic mass is 9.81. The van der Waals surface area contributed by atoms with Crippen molar-refractivity contribution in [3.05, 3.63) is 0 Å². The molecule has 0 bridgehead atoms. The molecule has 3 aliphatic rings. The van der Waals surface area contributed by atoms with Gasteiger partial charge in [-0.3, -0.25) is 4.90 Å². The number of aliphatic hydroxyl groups excluding tert-OH is 1. The lowest BCUT2D eigenvalue weighted by Crippen LogP contribution is -2.52. The summed E-state index contributed by atoms with van der Waals surface area (Å²) < 4.78 is 0. The van der Waals surface area contributed by atoms with E-state index in [1.807, 2.05) is 0 Å². The van der Waals surface area contributed by atoms with Crippen LogP contribution in [0.3, 0.4) is 0 Å². The first kappa shape index (κ1) is 15.8. The van der Waals surface area contributed by atoms with Gasteiger partial charge in [0.25, 0.3) is 0 Å². The minimum absolute atomic E-state index is 0.416. The van der Waals surface area contributed by atoms with E-state index in [0.29, 0.717) is 12.5 Å². The number of hydrogen-bond donors (Lipinski definition) is 1. The van der Waals surface area contributed by atoms with Crippen molar-refractivity contribution in [3.8, 4) is 0 Å². The molecule has 3 fully saturated rings. The maximum absolute atomic E-state index is 9.40. The summed E-state index contributed by atoms with van der Waals surface area (Å²) in [4.78, 5) is 3.02. The van der Waals surface area contributed by atoms with Crippen LogP contribution >= 0.6 is 0 Å². The maximum Gasteiger partial charge on any atom is 0.0459 e. The van der Waals surface area contributed by atoms with E-state index in [0.717, 1.165) is 18.1 Å². The second-order valence-electron chi connectivity index (χ2n) is 7.89. The molecule has 0 saturated heterocycles. The smallest absolute Gasteiger partial charge is 0.0459 e. The Balaban J connectivity index is 1.65. The molecule has 0 aliphatic heterocycles. The largest absolute Gasteiger partial charge is 0.396 e. The van der Waals surface area contributed by atoms with Crippen molar-refractivity contribution in [1.82, 2.24) is 4.90 Å². The fourth-order valence-electron chi connectivity index (χ4n) is 5.28. The highest BCUT2D eigenvalue weighted by atomic mass is 16.3. The summed E-state index contributed by atoms with van der Waals surface area (Å²) in [7, 11) is 0. The van der Waals surface area contributed by atoms with Crippen LogP contribution in [0.5, 0.6) is 0 Å². The fraction of sp³-hybridized carbons (Fsp3) is 1.00. The Morgan fingerprint density at radius 1 is 0.571 bits per heavy atom. The number of aliphatic hydroxyl groups is 1. The third kappa shape index (κ3) is 4.01. The molecular formula is C19H35NO. The molecule has 21 heavy (non-hydrogen) atoms. The van der Waals surface area contributed by atoms with Crippen LogP contribution in [0.15, 0.2) is 0 Å². The van der Waals surface area contributed by atoms with E-state index in [1.54, 1.807) is 0 Å². The average Bonchev–Trinajstić information content (AvgIpc) is 2.58. The topological polar surface area (TPSA) is 23.5 Å². The zero-order valence-electron chi connectivity index (χ0n) is 13.8. The van der Waals surface area contributed by atoms with Crippen molar-refractivity contribution >= 4 is 0 Å². The SMILES string of the molecule is OCC1CCC(N(C2CCCCC2)C2CCCCC2)CC1. The van der Waals surface area contributed by atoms with E-state index < -0.39 is 0 Å². The highest BCUT2D eigenvalue weighted by molar-refractivity contribution is 4.90. The van der Waals surface area contributed by atoms with Crippen LogP contribution in [0.2, 0.25) is 0 Å². The maximum atomic E-state index is 9.40. The van der Waals surface area contributed by atoms with Gasteiger partial charge in [-0.25, -0.2) is 0 Å². The summed E-state index contributed by atoms with van der Waals surface area (Å²) in [6.45, 7) is 0.416. The van der Waals surface area contributed by atoms with Gasteiger partial charge in [-0.1, -0.05) is 38.5 Å². The van der Waals surface area contributed by atoms with Gasteiger partial charge in [0, 0.05) is 24.7 Å². The molecule has 3 saturated carbocycles. The highest BCUT2D eigenvalue weighted by Gasteiger charge is 2.35. The highest BCUT2D eigenvalue weighted by Crippen LogP contribution is 2.37. The Morgan fingerprint density at radius 2 is 1.00 bits per heavy atom. The molecule has 3 aliphatic carbocycles. The quantitative estimate of drug-likeness (QED) is 0.824. The van der Waals surface area contributed by atoms with Crippen LogP contribution in [0.1, 0.15) is 89.9 Å². The Morgan fingerprint density at radius 3 is 1.43 bits per heavy atom. The first-order valence-electron chi connectivity index (χ1n) is 9.77. The molecule has 0 aromatic carbocycles. The summed E-state index contributed by atoms with van der Waals surface area (Å²) in [6, 6.07) is 2.61. The molecular weight excluding hydrogens is 258 g/mol. The third-order valence-electron chi connectivity index (χ3n) is 6.49. The Bertz CT molecular complexity index is 268. The van der Waals surface area contributed by atoms with Crippen LogP contribution in [-0.2, 0) is 0 Å². The van der Waals surface area contributed by atoms with Gasteiger partial charge in [0.15, 0.2) is 0 Å². The second-order valence-corrected chi connectivity index (χ2v) is 7.89. The average molecular weight is 293 g/mol. The van der Waals surface area contributed by atoms with E-state index >= 15 is 0 Å². The Kier molecular flexibility index (Phi) is 5.99. The van der Waals surface area contributed by atoms with Crippen LogP contribution in [0, 0.1) is 5.92 Å². The molecule has 0 aromatic heterocycles. The molecule has 0 amide bonds. The van der Waals surface area contributed by atoms with Gasteiger partial charge in [0.2, 0.25) is 0 Å². The monoisotopic (exact) mass is 293 g/mol. The minimum Gasteiger partial charge on any atom is -0.396 e. The van der Waals surface area contributed by atoms with E-state index in [1.165, 1.54) is 89.9 Å². The zero-order chi connectivity index (χ0) is 14.5. The molecule has 2 nitrogen and oxygen atoms in total. The van der Waals surface area contributed by atoms with Gasteiger partial charge < -0.3 is 5.11 Å². The Hall–Kier alpha value is -0.0800. The summed E-state index contributed by atoms with van der Waals surface area (Å²) in [6.07, 6.45) is 19.8. The van der Waals surface area contributed by atoms with Gasteiger partial charge in [0.05, 0.1) is 0 Å². The normalized spacial score (nSPS) is 33.4. The molecule has 0 aromatic rings. The van der Waals surface area contributed by atoms with Crippen molar-refractivity contribution in [3.63, 3.8) is 0 Å². The van der Waals surface area contributed by atoms with Gasteiger partial charge in [0.1, 0.15) is 0 Å². The van der Waals surface area contributed by atoms with E-state index in [-0.39, 0.29) is 0 Å². The van der Waals surface area contributed by atoms with Crippen molar-refractivity contribution < 1.29 is 5.11 Å². The van der Waals surface area contributed by atoms with Crippen molar-refractivity contribution in [2.24, 2.45) is 5.92 Å². The number of nitrogens with zero attached hydrogens (tertiary/aromatic N) is 1. The Labute approximate surface area is 131 Å². The summed E-state index contributed by atoms with van der Waals surface area (Å²) in [5.74, 6) is 0.598. The van der Waals surface area contributed by atoms with Crippen LogP contribution in [-0.4, -0.2) is 34.7 Å². The third-order valence-corrected chi connectivity index (χ3v) is 6.49. The van der Waals surface area contributed by atoms with Crippen molar-refractivity contribution in [2.75, 3.05) is 6.61 Å². The summed E-state index contributed by atoms with van der Waals surface area (Å²) >= 11 is 0. The molecule has 0 unspecified atom stereocenters. The zero-order valence-corrected chi connectivity index (χ0v) is 13.8. The molecule has 0 radical (unpaired) electrons. The standard InChI is InChI=1S/C19H35NO/c21-15-16-11-13-19(14-12-16)20(17-7-3-1-4-8-17)18-9-5-2-6-10-18/h16-19,21H,1-15H2. The van der Waals surface area contributed by atoms with Crippen LogP contribution in [0.25, 0.3) is 0 Å². The van der Waals surface area contributed by atoms with E-state index in [9.17, 15) is 5.11 Å². The van der Waals surface area contributed by atoms with Gasteiger partial charge in [-0.2, -0.15) is 0 Å². The second kappa shape index (κ2) is 7.97.